The largest absolute Gasteiger partial charge is 0.340 e. The zero-order valence-electron chi connectivity index (χ0n) is 14.5. The van der Waals surface area contributed by atoms with Crippen LogP contribution in [-0.4, -0.2) is 29.9 Å². The van der Waals surface area contributed by atoms with Crippen LogP contribution in [0.2, 0.25) is 0 Å². The highest BCUT2D eigenvalue weighted by molar-refractivity contribution is 5.83. The van der Waals surface area contributed by atoms with Crippen LogP contribution in [-0.2, 0) is 4.79 Å². The van der Waals surface area contributed by atoms with Gasteiger partial charge in [-0.05, 0) is 30.7 Å². The van der Waals surface area contributed by atoms with Crippen LogP contribution in [0.4, 0.5) is 0 Å². The lowest BCUT2D eigenvalue weighted by Crippen LogP contribution is -2.43. The van der Waals surface area contributed by atoms with Crippen molar-refractivity contribution in [3.8, 4) is 0 Å². The van der Waals surface area contributed by atoms with Crippen molar-refractivity contribution >= 4 is 5.91 Å². The zero-order valence-corrected chi connectivity index (χ0v) is 14.5. The summed E-state index contributed by atoms with van der Waals surface area (Å²) < 4.78 is 0. The van der Waals surface area contributed by atoms with Crippen LogP contribution >= 0.6 is 0 Å². The third-order valence-electron chi connectivity index (χ3n) is 5.69. The molecule has 2 N–H and O–H groups in total. The first-order valence-electron chi connectivity index (χ1n) is 9.12. The number of benzene rings is 1. The Labute approximate surface area is 140 Å². The van der Waals surface area contributed by atoms with Gasteiger partial charge in [-0.3, -0.25) is 4.79 Å². The average Bonchev–Trinajstić information content (AvgIpc) is 3.14. The highest BCUT2D eigenvalue weighted by Crippen LogP contribution is 2.45. The topological polar surface area (TPSA) is 46.3 Å². The molecule has 0 spiro atoms. The van der Waals surface area contributed by atoms with E-state index in [4.69, 9.17) is 5.73 Å². The Balaban J connectivity index is 1.75. The monoisotopic (exact) mass is 314 g/mol. The smallest absolute Gasteiger partial charge is 0.228 e. The van der Waals surface area contributed by atoms with Crippen LogP contribution in [0, 0.1) is 11.3 Å². The number of likely N-dealkylation sites (tertiary alicyclic amines) is 1. The number of carbonyl (C=O) groups is 1. The second-order valence-electron chi connectivity index (χ2n) is 7.98. The minimum Gasteiger partial charge on any atom is -0.340 e. The number of nitrogens with zero attached hydrogens (tertiary/aromatic N) is 1. The van der Waals surface area contributed by atoms with E-state index in [1.54, 1.807) is 0 Å². The fraction of sp³-hybridized carbons (Fsp3) is 0.650. The van der Waals surface area contributed by atoms with E-state index in [1.807, 2.05) is 6.07 Å². The van der Waals surface area contributed by atoms with Crippen molar-refractivity contribution in [2.75, 3.05) is 13.1 Å². The summed E-state index contributed by atoms with van der Waals surface area (Å²) in [5.74, 6) is 1.22. The lowest BCUT2D eigenvalue weighted by molar-refractivity contribution is -0.142. The standard InChI is InChI=1S/C20H30N2O/c1-15(2)12-20(10-6-7-11-20)19(23)22-13-17(18(21)14-22)16-8-4-3-5-9-16/h3-5,8-9,15,17-18H,6-7,10-14,21H2,1-2H3/t17-,18+/m0/s1. The molecule has 1 aromatic rings. The molecule has 3 heteroatoms. The predicted molar refractivity (Wildman–Crippen MR) is 94.1 cm³/mol. The van der Waals surface area contributed by atoms with Gasteiger partial charge in [0.15, 0.2) is 0 Å². The number of hydrogen-bond donors (Lipinski definition) is 1. The van der Waals surface area contributed by atoms with Gasteiger partial charge in [0, 0.05) is 30.5 Å². The van der Waals surface area contributed by atoms with E-state index in [-0.39, 0.29) is 17.4 Å². The molecule has 0 radical (unpaired) electrons. The molecule has 1 aliphatic carbocycles. The molecular weight excluding hydrogens is 284 g/mol. The van der Waals surface area contributed by atoms with E-state index in [9.17, 15) is 4.79 Å². The average molecular weight is 314 g/mol. The maximum atomic E-state index is 13.3. The summed E-state index contributed by atoms with van der Waals surface area (Å²) in [7, 11) is 0. The molecule has 126 valence electrons. The van der Waals surface area contributed by atoms with Crippen LogP contribution < -0.4 is 5.73 Å². The molecule has 0 unspecified atom stereocenters. The van der Waals surface area contributed by atoms with Crippen molar-refractivity contribution in [3.05, 3.63) is 35.9 Å². The van der Waals surface area contributed by atoms with E-state index >= 15 is 0 Å². The second-order valence-corrected chi connectivity index (χ2v) is 7.98. The molecular formula is C20H30N2O. The fourth-order valence-electron chi connectivity index (χ4n) is 4.72. The lowest BCUT2D eigenvalue weighted by Gasteiger charge is -2.34. The molecule has 1 aliphatic heterocycles. The van der Waals surface area contributed by atoms with Gasteiger partial charge in [0.2, 0.25) is 5.91 Å². The fourth-order valence-corrected chi connectivity index (χ4v) is 4.72. The van der Waals surface area contributed by atoms with Crippen molar-refractivity contribution in [2.24, 2.45) is 17.1 Å². The molecule has 3 rings (SSSR count). The van der Waals surface area contributed by atoms with Crippen molar-refractivity contribution in [2.45, 2.75) is 57.9 Å². The second kappa shape index (κ2) is 6.64. The molecule has 1 saturated heterocycles. The third-order valence-corrected chi connectivity index (χ3v) is 5.69. The Morgan fingerprint density at radius 1 is 1.22 bits per heavy atom. The van der Waals surface area contributed by atoms with Crippen molar-refractivity contribution in [1.29, 1.82) is 0 Å². The van der Waals surface area contributed by atoms with Crippen LogP contribution in [0.3, 0.4) is 0 Å². The summed E-state index contributed by atoms with van der Waals surface area (Å²) in [5.41, 5.74) is 7.54. The Kier molecular flexibility index (Phi) is 4.77. The highest BCUT2D eigenvalue weighted by Gasteiger charge is 2.46. The van der Waals surface area contributed by atoms with Gasteiger partial charge in [0.25, 0.3) is 0 Å². The minimum absolute atomic E-state index is 0.0545. The number of rotatable bonds is 4. The molecule has 23 heavy (non-hydrogen) atoms. The first-order valence-corrected chi connectivity index (χ1v) is 9.12. The molecule has 1 heterocycles. The van der Waals surface area contributed by atoms with E-state index < -0.39 is 0 Å². The van der Waals surface area contributed by atoms with Gasteiger partial charge in [-0.15, -0.1) is 0 Å². The summed E-state index contributed by atoms with van der Waals surface area (Å²) >= 11 is 0. The van der Waals surface area contributed by atoms with Gasteiger partial charge in [0.1, 0.15) is 0 Å². The summed E-state index contributed by atoms with van der Waals surface area (Å²) in [6, 6.07) is 10.5. The molecule has 2 atom stereocenters. The van der Waals surface area contributed by atoms with E-state index in [1.165, 1.54) is 18.4 Å². The Morgan fingerprint density at radius 2 is 1.87 bits per heavy atom. The molecule has 2 fully saturated rings. The van der Waals surface area contributed by atoms with Gasteiger partial charge in [-0.2, -0.15) is 0 Å². The molecule has 3 nitrogen and oxygen atoms in total. The summed E-state index contributed by atoms with van der Waals surface area (Å²) in [4.78, 5) is 15.4. The molecule has 0 bridgehead atoms. The molecule has 1 aromatic carbocycles. The summed E-state index contributed by atoms with van der Waals surface area (Å²) in [5, 5.41) is 0. The lowest BCUT2D eigenvalue weighted by atomic mass is 9.77. The summed E-state index contributed by atoms with van der Waals surface area (Å²) in [6.45, 7) is 5.95. The van der Waals surface area contributed by atoms with Gasteiger partial charge in [-0.25, -0.2) is 0 Å². The van der Waals surface area contributed by atoms with Gasteiger partial charge >= 0.3 is 0 Å². The Morgan fingerprint density at radius 3 is 2.48 bits per heavy atom. The van der Waals surface area contributed by atoms with Crippen molar-refractivity contribution in [3.63, 3.8) is 0 Å². The first kappa shape index (κ1) is 16.5. The van der Waals surface area contributed by atoms with Crippen LogP contribution in [0.1, 0.15) is 57.4 Å². The van der Waals surface area contributed by atoms with E-state index in [2.05, 4.69) is 43.0 Å². The molecule has 0 aromatic heterocycles. The number of hydrogen-bond acceptors (Lipinski definition) is 2. The normalized spacial score (nSPS) is 26.9. The number of amides is 1. The Bertz CT molecular complexity index is 534. The van der Waals surface area contributed by atoms with Gasteiger partial charge in [0.05, 0.1) is 0 Å². The predicted octanol–water partition coefficient (Wildman–Crippen LogP) is 3.55. The maximum absolute atomic E-state index is 13.3. The molecule has 1 saturated carbocycles. The van der Waals surface area contributed by atoms with Crippen molar-refractivity contribution in [1.82, 2.24) is 4.90 Å². The number of nitrogens with two attached hydrogens (primary N) is 1. The van der Waals surface area contributed by atoms with Crippen LogP contribution in [0.25, 0.3) is 0 Å². The van der Waals surface area contributed by atoms with Gasteiger partial charge in [-0.1, -0.05) is 57.0 Å². The quantitative estimate of drug-likeness (QED) is 0.924. The third kappa shape index (κ3) is 3.30. The molecule has 1 amide bonds. The number of carbonyl (C=O) groups excluding carboxylic acids is 1. The van der Waals surface area contributed by atoms with E-state index in [0.29, 0.717) is 18.4 Å². The van der Waals surface area contributed by atoms with Gasteiger partial charge < -0.3 is 10.6 Å². The molecule has 2 aliphatic rings. The maximum Gasteiger partial charge on any atom is 0.228 e. The van der Waals surface area contributed by atoms with E-state index in [0.717, 1.165) is 25.8 Å². The first-order chi connectivity index (χ1) is 11.0. The SMILES string of the molecule is CC(C)CC1(C(=O)N2C[C@@H](N)[C@H](c3ccccc3)C2)CCCC1. The summed E-state index contributed by atoms with van der Waals surface area (Å²) in [6.07, 6.45) is 5.53. The minimum atomic E-state index is -0.112. The van der Waals surface area contributed by atoms with Crippen LogP contribution in [0.15, 0.2) is 30.3 Å². The van der Waals surface area contributed by atoms with Crippen LogP contribution in [0.5, 0.6) is 0 Å². The van der Waals surface area contributed by atoms with Crippen molar-refractivity contribution < 1.29 is 4.79 Å². The highest BCUT2D eigenvalue weighted by atomic mass is 16.2. The zero-order chi connectivity index (χ0) is 16.4. The Hall–Kier alpha value is -1.35.